The molecule has 19 heavy (non-hydrogen) atoms. The SMILES string of the molecule is CC=CCCC1=NCC(O[C@H](CO)[C@@H](O)[C@@H](C)O)S1. The Labute approximate surface area is 118 Å². The summed E-state index contributed by atoms with van der Waals surface area (Å²) in [5.41, 5.74) is -0.189. The highest BCUT2D eigenvalue weighted by Gasteiger charge is 2.29. The molecule has 5 nitrogen and oxygen atoms in total. The van der Waals surface area contributed by atoms with Crippen molar-refractivity contribution in [1.82, 2.24) is 0 Å². The lowest BCUT2D eigenvalue weighted by Crippen LogP contribution is -2.41. The van der Waals surface area contributed by atoms with Gasteiger partial charge in [-0.3, -0.25) is 4.99 Å². The van der Waals surface area contributed by atoms with Crippen LogP contribution in [-0.2, 0) is 4.74 Å². The monoisotopic (exact) mass is 289 g/mol. The lowest BCUT2D eigenvalue weighted by atomic mass is 10.1. The molecular formula is C13H23NO4S. The van der Waals surface area contributed by atoms with Gasteiger partial charge in [0, 0.05) is 0 Å². The van der Waals surface area contributed by atoms with E-state index in [9.17, 15) is 15.3 Å². The topological polar surface area (TPSA) is 82.3 Å². The van der Waals surface area contributed by atoms with Crippen LogP contribution in [0.25, 0.3) is 0 Å². The van der Waals surface area contributed by atoms with E-state index in [0.717, 1.165) is 17.9 Å². The Hall–Kier alpha value is -0.400. The van der Waals surface area contributed by atoms with Gasteiger partial charge in [-0.1, -0.05) is 23.9 Å². The Kier molecular flexibility index (Phi) is 7.63. The number of aliphatic hydroxyl groups is 3. The van der Waals surface area contributed by atoms with Gasteiger partial charge in [-0.25, -0.2) is 0 Å². The zero-order valence-corrected chi connectivity index (χ0v) is 12.2. The Bertz CT molecular complexity index is 320. The van der Waals surface area contributed by atoms with Crippen LogP contribution in [0.4, 0.5) is 0 Å². The molecule has 0 saturated carbocycles. The molecule has 0 spiro atoms. The maximum Gasteiger partial charge on any atom is 0.128 e. The smallest absolute Gasteiger partial charge is 0.128 e. The van der Waals surface area contributed by atoms with Crippen LogP contribution < -0.4 is 0 Å². The summed E-state index contributed by atoms with van der Waals surface area (Å²) in [6.45, 7) is 3.66. The number of allylic oxidation sites excluding steroid dienone is 2. The fourth-order valence-electron chi connectivity index (χ4n) is 1.72. The molecule has 110 valence electrons. The van der Waals surface area contributed by atoms with Gasteiger partial charge >= 0.3 is 0 Å². The molecule has 1 unspecified atom stereocenters. The van der Waals surface area contributed by atoms with Gasteiger partial charge in [0.05, 0.1) is 24.3 Å². The fraction of sp³-hybridized carbons (Fsp3) is 0.769. The largest absolute Gasteiger partial charge is 0.394 e. The lowest BCUT2D eigenvalue weighted by molar-refractivity contribution is -0.107. The second-order valence-corrected chi connectivity index (χ2v) is 5.71. The minimum atomic E-state index is -1.09. The van der Waals surface area contributed by atoms with Gasteiger partial charge in [0.1, 0.15) is 17.6 Å². The summed E-state index contributed by atoms with van der Waals surface area (Å²) in [5, 5.41) is 29.2. The summed E-state index contributed by atoms with van der Waals surface area (Å²) in [5.74, 6) is 0. The summed E-state index contributed by atoms with van der Waals surface area (Å²) in [4.78, 5) is 4.38. The first kappa shape index (κ1) is 16.7. The second kappa shape index (κ2) is 8.71. The summed E-state index contributed by atoms with van der Waals surface area (Å²) < 4.78 is 5.59. The van der Waals surface area contributed by atoms with Crippen LogP contribution in [0.15, 0.2) is 17.1 Å². The van der Waals surface area contributed by atoms with Crippen LogP contribution in [0.5, 0.6) is 0 Å². The average Bonchev–Trinajstić information content (AvgIpc) is 2.83. The molecule has 0 amide bonds. The van der Waals surface area contributed by atoms with Crippen LogP contribution in [0.3, 0.4) is 0 Å². The predicted octanol–water partition coefficient (Wildman–Crippen LogP) is 0.933. The molecule has 0 aromatic carbocycles. The van der Waals surface area contributed by atoms with E-state index in [1.54, 1.807) is 0 Å². The minimum absolute atomic E-state index is 0.189. The van der Waals surface area contributed by atoms with Crippen LogP contribution in [0.2, 0.25) is 0 Å². The average molecular weight is 289 g/mol. The van der Waals surface area contributed by atoms with E-state index in [1.165, 1.54) is 18.7 Å². The Morgan fingerprint density at radius 1 is 1.53 bits per heavy atom. The zero-order valence-electron chi connectivity index (χ0n) is 11.4. The van der Waals surface area contributed by atoms with E-state index in [1.807, 2.05) is 13.0 Å². The lowest BCUT2D eigenvalue weighted by Gasteiger charge is -2.25. The van der Waals surface area contributed by atoms with Crippen molar-refractivity contribution < 1.29 is 20.1 Å². The number of thioether (sulfide) groups is 1. The summed E-state index contributed by atoms with van der Waals surface area (Å²) in [7, 11) is 0. The standard InChI is InChI=1S/C13H23NO4S/c1-3-4-5-6-11-14-7-12(19-11)18-10(8-15)13(17)9(2)16/h3-4,9-10,12-13,15-17H,5-8H2,1-2H3/t9-,10-,12?,13+/m1/s1. The highest BCUT2D eigenvalue weighted by Crippen LogP contribution is 2.26. The van der Waals surface area contributed by atoms with Gasteiger partial charge in [-0.15, -0.1) is 0 Å². The van der Waals surface area contributed by atoms with Crippen molar-refractivity contribution in [2.24, 2.45) is 4.99 Å². The Morgan fingerprint density at radius 2 is 2.26 bits per heavy atom. The van der Waals surface area contributed by atoms with Gasteiger partial charge in [0.2, 0.25) is 0 Å². The third-order valence-corrected chi connectivity index (χ3v) is 3.95. The summed E-state index contributed by atoms with van der Waals surface area (Å²) in [6.07, 6.45) is 3.14. The van der Waals surface area contributed by atoms with Crippen molar-refractivity contribution >= 4 is 16.8 Å². The highest BCUT2D eigenvalue weighted by atomic mass is 32.2. The van der Waals surface area contributed by atoms with Crippen molar-refractivity contribution in [3.63, 3.8) is 0 Å². The number of aliphatic imine (C=N–C) groups is 1. The number of nitrogens with zero attached hydrogens (tertiary/aromatic N) is 1. The molecule has 0 aromatic heterocycles. The quantitative estimate of drug-likeness (QED) is 0.579. The highest BCUT2D eigenvalue weighted by molar-refractivity contribution is 8.14. The molecule has 0 saturated heterocycles. The van der Waals surface area contributed by atoms with E-state index in [-0.39, 0.29) is 12.0 Å². The predicted molar refractivity (Wildman–Crippen MR) is 77.4 cm³/mol. The van der Waals surface area contributed by atoms with E-state index < -0.39 is 18.3 Å². The van der Waals surface area contributed by atoms with E-state index >= 15 is 0 Å². The Balaban J connectivity index is 2.35. The zero-order chi connectivity index (χ0) is 14.3. The second-order valence-electron chi connectivity index (χ2n) is 4.48. The molecule has 0 fully saturated rings. The van der Waals surface area contributed by atoms with Gasteiger partial charge in [-0.2, -0.15) is 0 Å². The molecule has 1 rings (SSSR count). The molecule has 1 aliphatic heterocycles. The van der Waals surface area contributed by atoms with Crippen molar-refractivity contribution in [1.29, 1.82) is 0 Å². The molecule has 6 heteroatoms. The number of ether oxygens (including phenoxy) is 1. The first-order chi connectivity index (χ1) is 9.08. The summed E-state index contributed by atoms with van der Waals surface area (Å²) >= 11 is 1.52. The summed E-state index contributed by atoms with van der Waals surface area (Å²) in [6, 6.07) is 0. The number of hydrogen-bond acceptors (Lipinski definition) is 6. The van der Waals surface area contributed by atoms with E-state index in [0.29, 0.717) is 6.54 Å². The molecule has 0 aliphatic carbocycles. The van der Waals surface area contributed by atoms with Gasteiger partial charge < -0.3 is 20.1 Å². The van der Waals surface area contributed by atoms with E-state index in [2.05, 4.69) is 11.1 Å². The van der Waals surface area contributed by atoms with Crippen molar-refractivity contribution in [2.45, 2.75) is 50.4 Å². The maximum absolute atomic E-state index is 9.69. The number of aliphatic hydroxyl groups excluding tert-OH is 3. The van der Waals surface area contributed by atoms with Crippen LogP contribution in [0, 0.1) is 0 Å². The first-order valence-corrected chi connectivity index (χ1v) is 7.40. The fourth-order valence-corrected chi connectivity index (χ4v) is 2.76. The molecule has 4 atom stereocenters. The molecule has 0 radical (unpaired) electrons. The molecule has 1 aliphatic rings. The number of rotatable bonds is 8. The van der Waals surface area contributed by atoms with Gasteiger partial charge in [0.25, 0.3) is 0 Å². The molecule has 1 heterocycles. The van der Waals surface area contributed by atoms with Crippen LogP contribution in [0.1, 0.15) is 26.7 Å². The third-order valence-electron chi connectivity index (χ3n) is 2.83. The number of hydrogen-bond donors (Lipinski definition) is 3. The first-order valence-electron chi connectivity index (χ1n) is 6.52. The van der Waals surface area contributed by atoms with Crippen molar-refractivity contribution in [2.75, 3.05) is 13.2 Å². The molecule has 3 N–H and O–H groups in total. The molecule has 0 bridgehead atoms. The van der Waals surface area contributed by atoms with Gasteiger partial charge in [0.15, 0.2) is 0 Å². The van der Waals surface area contributed by atoms with Crippen molar-refractivity contribution in [3.8, 4) is 0 Å². The normalized spacial score (nSPS) is 24.5. The van der Waals surface area contributed by atoms with Crippen molar-refractivity contribution in [3.05, 3.63) is 12.2 Å². The van der Waals surface area contributed by atoms with Crippen LogP contribution >= 0.6 is 11.8 Å². The Morgan fingerprint density at radius 3 is 2.84 bits per heavy atom. The van der Waals surface area contributed by atoms with E-state index in [4.69, 9.17) is 4.74 Å². The molecule has 0 aromatic rings. The molecular weight excluding hydrogens is 266 g/mol. The third kappa shape index (κ3) is 5.62. The maximum atomic E-state index is 9.69. The van der Waals surface area contributed by atoms with Crippen LogP contribution in [-0.4, -0.2) is 57.3 Å². The minimum Gasteiger partial charge on any atom is -0.394 e. The van der Waals surface area contributed by atoms with Gasteiger partial charge in [-0.05, 0) is 26.7 Å².